The van der Waals surface area contributed by atoms with Gasteiger partial charge in [-0.05, 0) is 44.1 Å². The number of nitrogens with one attached hydrogen (secondary N) is 1. The van der Waals surface area contributed by atoms with Gasteiger partial charge in [0.1, 0.15) is 0 Å². The molecule has 2 nitrogen and oxygen atoms in total. The Kier molecular flexibility index (Phi) is 6.49. The number of halogens is 2. The molecule has 1 aromatic rings. The van der Waals surface area contributed by atoms with E-state index in [-0.39, 0.29) is 12.4 Å². The van der Waals surface area contributed by atoms with Gasteiger partial charge in [0.15, 0.2) is 0 Å². The highest BCUT2D eigenvalue weighted by Crippen LogP contribution is 2.22. The summed E-state index contributed by atoms with van der Waals surface area (Å²) in [7, 11) is 0. The molecule has 1 unspecified atom stereocenters. The molecule has 0 amide bonds. The van der Waals surface area contributed by atoms with Crippen molar-refractivity contribution >= 4 is 28.3 Å². The van der Waals surface area contributed by atoms with Crippen molar-refractivity contribution in [3.8, 4) is 0 Å². The summed E-state index contributed by atoms with van der Waals surface area (Å²) in [6.07, 6.45) is 1.25. The summed E-state index contributed by atoms with van der Waals surface area (Å²) < 4.78 is 1.15. The second-order valence-electron chi connectivity index (χ2n) is 4.37. The molecule has 0 aliphatic carbocycles. The van der Waals surface area contributed by atoms with Gasteiger partial charge in [0.25, 0.3) is 0 Å². The maximum Gasteiger partial charge on any atom is 0.0320 e. The summed E-state index contributed by atoms with van der Waals surface area (Å²) in [5.74, 6) is 0. The first-order valence-corrected chi connectivity index (χ1v) is 6.77. The molecule has 2 rings (SSSR count). The number of hydrogen-bond acceptors (Lipinski definition) is 2. The molecular formula is C13H20BrClN2. The summed E-state index contributed by atoms with van der Waals surface area (Å²) >= 11 is 3.48. The van der Waals surface area contributed by atoms with E-state index in [1.54, 1.807) is 0 Å². The lowest BCUT2D eigenvalue weighted by atomic mass is 10.1. The van der Waals surface area contributed by atoms with Crippen LogP contribution in [0.3, 0.4) is 0 Å². The zero-order valence-electron chi connectivity index (χ0n) is 10.2. The average Bonchev–Trinajstić information content (AvgIpc) is 2.57. The van der Waals surface area contributed by atoms with Gasteiger partial charge in [0.2, 0.25) is 0 Å². The van der Waals surface area contributed by atoms with Crippen LogP contribution < -0.4 is 5.32 Å². The Hall–Kier alpha value is -0.0900. The van der Waals surface area contributed by atoms with Crippen LogP contribution in [0.2, 0.25) is 0 Å². The second kappa shape index (κ2) is 7.37. The maximum absolute atomic E-state index is 3.48. The first-order valence-electron chi connectivity index (χ1n) is 5.97. The highest BCUT2D eigenvalue weighted by molar-refractivity contribution is 9.10. The topological polar surface area (TPSA) is 15.3 Å². The lowest BCUT2D eigenvalue weighted by Gasteiger charge is -2.27. The van der Waals surface area contributed by atoms with Gasteiger partial charge in [0, 0.05) is 23.6 Å². The maximum atomic E-state index is 3.48. The van der Waals surface area contributed by atoms with Crippen LogP contribution in [-0.2, 0) is 0 Å². The van der Waals surface area contributed by atoms with Crippen LogP contribution in [0, 0.1) is 0 Å². The first-order chi connectivity index (χ1) is 7.77. The molecule has 1 heterocycles. The normalized spacial score (nSPS) is 19.2. The van der Waals surface area contributed by atoms with Gasteiger partial charge < -0.3 is 5.32 Å². The third kappa shape index (κ3) is 4.25. The van der Waals surface area contributed by atoms with E-state index in [1.165, 1.54) is 18.5 Å². The molecule has 17 heavy (non-hydrogen) atoms. The van der Waals surface area contributed by atoms with E-state index < -0.39 is 0 Å². The molecule has 1 fully saturated rings. The first kappa shape index (κ1) is 15.0. The molecule has 1 atom stereocenters. The molecule has 1 aliphatic heterocycles. The third-order valence-electron chi connectivity index (χ3n) is 3.27. The number of nitrogens with zero attached hydrogens (tertiary/aromatic N) is 1. The predicted molar refractivity (Wildman–Crippen MR) is 78.9 cm³/mol. The Morgan fingerprint density at radius 2 is 1.88 bits per heavy atom. The molecule has 0 aromatic heterocycles. The Morgan fingerprint density at radius 3 is 2.59 bits per heavy atom. The van der Waals surface area contributed by atoms with Crippen molar-refractivity contribution < 1.29 is 0 Å². The van der Waals surface area contributed by atoms with E-state index in [0.717, 1.165) is 24.1 Å². The van der Waals surface area contributed by atoms with Crippen LogP contribution in [0.5, 0.6) is 0 Å². The molecule has 1 aliphatic rings. The summed E-state index contributed by atoms with van der Waals surface area (Å²) in [6, 6.07) is 9.21. The van der Waals surface area contributed by atoms with Crippen LogP contribution >= 0.6 is 28.3 Å². The minimum absolute atomic E-state index is 0. The molecule has 1 N–H and O–H groups in total. The van der Waals surface area contributed by atoms with Crippen LogP contribution in [-0.4, -0.2) is 31.1 Å². The number of rotatable bonds is 2. The Balaban J connectivity index is 0.00000144. The fraction of sp³-hybridized carbons (Fsp3) is 0.538. The van der Waals surface area contributed by atoms with E-state index in [1.807, 2.05) is 0 Å². The fourth-order valence-corrected chi connectivity index (χ4v) is 2.47. The van der Waals surface area contributed by atoms with Crippen molar-refractivity contribution in [1.29, 1.82) is 0 Å². The molecule has 1 saturated heterocycles. The Bertz CT molecular complexity index is 321. The number of hydrogen-bond donors (Lipinski definition) is 1. The molecule has 0 radical (unpaired) electrons. The smallest absolute Gasteiger partial charge is 0.0320 e. The lowest BCUT2D eigenvalue weighted by Crippen LogP contribution is -2.30. The van der Waals surface area contributed by atoms with Gasteiger partial charge in [-0.15, -0.1) is 12.4 Å². The summed E-state index contributed by atoms with van der Waals surface area (Å²) in [5, 5.41) is 3.44. The Morgan fingerprint density at radius 1 is 1.18 bits per heavy atom. The second-order valence-corrected chi connectivity index (χ2v) is 5.28. The molecule has 0 bridgehead atoms. The minimum atomic E-state index is 0. The van der Waals surface area contributed by atoms with Gasteiger partial charge in [-0.2, -0.15) is 0 Å². The predicted octanol–water partition coefficient (Wildman–Crippen LogP) is 3.23. The zero-order chi connectivity index (χ0) is 11.4. The van der Waals surface area contributed by atoms with E-state index in [4.69, 9.17) is 0 Å². The monoisotopic (exact) mass is 318 g/mol. The fourth-order valence-electron chi connectivity index (χ4n) is 2.21. The van der Waals surface area contributed by atoms with E-state index in [0.29, 0.717) is 6.04 Å². The SMILES string of the molecule is CC(c1ccc(Br)cc1)N1CCCNCC1.Cl. The van der Waals surface area contributed by atoms with Gasteiger partial charge >= 0.3 is 0 Å². The van der Waals surface area contributed by atoms with Gasteiger partial charge in [-0.25, -0.2) is 0 Å². The Labute approximate surface area is 118 Å². The zero-order valence-corrected chi connectivity index (χ0v) is 12.6. The summed E-state index contributed by atoms with van der Waals surface area (Å²) in [5.41, 5.74) is 1.41. The van der Waals surface area contributed by atoms with Crippen LogP contribution in [0.25, 0.3) is 0 Å². The minimum Gasteiger partial charge on any atom is -0.315 e. The molecule has 4 heteroatoms. The van der Waals surface area contributed by atoms with E-state index in [2.05, 4.69) is 57.3 Å². The van der Waals surface area contributed by atoms with Crippen molar-refractivity contribution in [2.75, 3.05) is 26.2 Å². The van der Waals surface area contributed by atoms with Crippen molar-refractivity contribution in [2.45, 2.75) is 19.4 Å². The lowest BCUT2D eigenvalue weighted by molar-refractivity contribution is 0.225. The third-order valence-corrected chi connectivity index (χ3v) is 3.80. The molecule has 0 saturated carbocycles. The van der Waals surface area contributed by atoms with Crippen molar-refractivity contribution in [2.24, 2.45) is 0 Å². The highest BCUT2D eigenvalue weighted by Gasteiger charge is 2.16. The van der Waals surface area contributed by atoms with Gasteiger partial charge in [-0.3, -0.25) is 4.90 Å². The van der Waals surface area contributed by atoms with E-state index >= 15 is 0 Å². The standard InChI is InChI=1S/C13H19BrN2.ClH/c1-11(12-3-5-13(14)6-4-12)16-9-2-7-15-8-10-16;/h3-6,11,15H,2,7-10H2,1H3;1H. The quantitative estimate of drug-likeness (QED) is 0.900. The molecular weight excluding hydrogens is 300 g/mol. The largest absolute Gasteiger partial charge is 0.315 e. The van der Waals surface area contributed by atoms with Crippen molar-refractivity contribution in [1.82, 2.24) is 10.2 Å². The summed E-state index contributed by atoms with van der Waals surface area (Å²) in [4.78, 5) is 2.56. The molecule has 1 aromatic carbocycles. The van der Waals surface area contributed by atoms with Gasteiger partial charge in [-0.1, -0.05) is 28.1 Å². The van der Waals surface area contributed by atoms with Gasteiger partial charge in [0.05, 0.1) is 0 Å². The number of benzene rings is 1. The molecule has 0 spiro atoms. The van der Waals surface area contributed by atoms with Crippen LogP contribution in [0.1, 0.15) is 24.9 Å². The molecule has 96 valence electrons. The van der Waals surface area contributed by atoms with Crippen molar-refractivity contribution in [3.05, 3.63) is 34.3 Å². The van der Waals surface area contributed by atoms with Crippen LogP contribution in [0.4, 0.5) is 0 Å². The van der Waals surface area contributed by atoms with Crippen molar-refractivity contribution in [3.63, 3.8) is 0 Å². The average molecular weight is 320 g/mol. The van der Waals surface area contributed by atoms with E-state index in [9.17, 15) is 0 Å². The highest BCUT2D eigenvalue weighted by atomic mass is 79.9. The summed E-state index contributed by atoms with van der Waals surface area (Å²) in [6.45, 7) is 6.92. The van der Waals surface area contributed by atoms with Crippen LogP contribution in [0.15, 0.2) is 28.7 Å².